The van der Waals surface area contributed by atoms with Crippen LogP contribution >= 0.6 is 0 Å². The number of hydrogen-bond donors (Lipinski definition) is 2. The molecule has 2 N–H and O–H groups in total. The molecule has 0 spiro atoms. The quantitative estimate of drug-likeness (QED) is 0.795. The van der Waals surface area contributed by atoms with Crippen LogP contribution in [0.4, 0.5) is 5.69 Å². The van der Waals surface area contributed by atoms with Gasteiger partial charge in [-0.1, -0.05) is 38.1 Å². The smallest absolute Gasteiger partial charge is 0.262 e. The van der Waals surface area contributed by atoms with E-state index in [2.05, 4.69) is 19.2 Å². The molecule has 4 nitrogen and oxygen atoms in total. The Morgan fingerprint density at radius 2 is 1.95 bits per heavy atom. The highest BCUT2D eigenvalue weighted by molar-refractivity contribution is 5.93. The first-order chi connectivity index (χ1) is 10.6. The van der Waals surface area contributed by atoms with Crippen molar-refractivity contribution in [2.24, 2.45) is 0 Å². The van der Waals surface area contributed by atoms with Crippen LogP contribution in [0.25, 0.3) is 0 Å². The van der Waals surface area contributed by atoms with Crippen LogP contribution in [0.5, 0.6) is 11.5 Å². The summed E-state index contributed by atoms with van der Waals surface area (Å²) in [4.78, 5) is 11.9. The summed E-state index contributed by atoms with van der Waals surface area (Å²) in [7, 11) is 0. The molecule has 2 aromatic rings. The van der Waals surface area contributed by atoms with Crippen molar-refractivity contribution in [3.63, 3.8) is 0 Å². The first-order valence-corrected chi connectivity index (χ1v) is 7.40. The van der Waals surface area contributed by atoms with E-state index in [1.54, 1.807) is 18.2 Å². The number of para-hydroxylation sites is 1. The number of carbonyl (C=O) groups is 1. The van der Waals surface area contributed by atoms with E-state index >= 15 is 0 Å². The molecule has 0 radical (unpaired) electrons. The Balaban J connectivity index is 1.99. The van der Waals surface area contributed by atoms with Crippen LogP contribution in [0.3, 0.4) is 0 Å². The van der Waals surface area contributed by atoms with Gasteiger partial charge in [0, 0.05) is 0 Å². The number of ether oxygens (including phenoxy) is 1. The number of phenolic OH excluding ortho intramolecular Hbond substituents is 1. The fourth-order valence-corrected chi connectivity index (χ4v) is 2.05. The second kappa shape index (κ2) is 7.50. The van der Waals surface area contributed by atoms with Gasteiger partial charge in [-0.15, -0.1) is 0 Å². The van der Waals surface area contributed by atoms with Gasteiger partial charge in [0.15, 0.2) is 6.61 Å². The number of anilines is 1. The van der Waals surface area contributed by atoms with E-state index in [1.165, 1.54) is 0 Å². The minimum absolute atomic E-state index is 0.0557. The highest BCUT2D eigenvalue weighted by atomic mass is 16.5. The molecule has 0 fully saturated rings. The number of benzene rings is 2. The van der Waals surface area contributed by atoms with Crippen LogP contribution < -0.4 is 10.1 Å². The fourth-order valence-electron chi connectivity index (χ4n) is 2.05. The first-order valence-electron chi connectivity index (χ1n) is 7.40. The van der Waals surface area contributed by atoms with Gasteiger partial charge in [0.25, 0.3) is 5.91 Å². The molecule has 2 rings (SSSR count). The summed E-state index contributed by atoms with van der Waals surface area (Å²) in [5, 5.41) is 12.6. The number of aromatic hydroxyl groups is 1. The molecular weight excluding hydrogens is 278 g/mol. The van der Waals surface area contributed by atoms with Gasteiger partial charge in [0.05, 0.1) is 5.69 Å². The fraction of sp³-hybridized carbons (Fsp3) is 0.278. The van der Waals surface area contributed by atoms with Crippen LogP contribution in [-0.4, -0.2) is 17.6 Å². The first kappa shape index (κ1) is 15.9. The lowest BCUT2D eigenvalue weighted by atomic mass is 9.98. The van der Waals surface area contributed by atoms with E-state index in [0.717, 1.165) is 12.0 Å². The van der Waals surface area contributed by atoms with Crippen molar-refractivity contribution in [3.8, 4) is 11.5 Å². The maximum absolute atomic E-state index is 11.9. The maximum Gasteiger partial charge on any atom is 0.262 e. The molecule has 1 unspecified atom stereocenters. The second-order valence-electron chi connectivity index (χ2n) is 5.24. The molecule has 0 aliphatic carbocycles. The Morgan fingerprint density at radius 3 is 2.64 bits per heavy atom. The van der Waals surface area contributed by atoms with Gasteiger partial charge >= 0.3 is 0 Å². The van der Waals surface area contributed by atoms with Crippen molar-refractivity contribution in [1.82, 2.24) is 0 Å². The van der Waals surface area contributed by atoms with Crippen molar-refractivity contribution in [2.45, 2.75) is 26.2 Å². The van der Waals surface area contributed by atoms with Crippen LogP contribution in [-0.2, 0) is 4.79 Å². The topological polar surface area (TPSA) is 58.6 Å². The zero-order chi connectivity index (χ0) is 15.9. The Labute approximate surface area is 130 Å². The van der Waals surface area contributed by atoms with Gasteiger partial charge in [-0.3, -0.25) is 4.79 Å². The van der Waals surface area contributed by atoms with E-state index in [-0.39, 0.29) is 18.3 Å². The molecule has 1 amide bonds. The molecular formula is C18H21NO3. The van der Waals surface area contributed by atoms with Gasteiger partial charge in [0.1, 0.15) is 11.5 Å². The zero-order valence-corrected chi connectivity index (χ0v) is 12.9. The van der Waals surface area contributed by atoms with Crippen molar-refractivity contribution >= 4 is 11.6 Å². The van der Waals surface area contributed by atoms with E-state index < -0.39 is 0 Å². The Kier molecular flexibility index (Phi) is 5.42. The number of carbonyl (C=O) groups excluding carboxylic acids is 1. The third kappa shape index (κ3) is 4.25. The summed E-state index contributed by atoms with van der Waals surface area (Å²) >= 11 is 0. The molecule has 0 bridgehead atoms. The molecule has 22 heavy (non-hydrogen) atoms. The summed E-state index contributed by atoms with van der Waals surface area (Å²) in [6, 6.07) is 14.4. The summed E-state index contributed by atoms with van der Waals surface area (Å²) in [6.45, 7) is 4.11. The van der Waals surface area contributed by atoms with E-state index in [4.69, 9.17) is 4.74 Å². The number of phenols is 1. The summed E-state index contributed by atoms with van der Waals surface area (Å²) < 4.78 is 5.39. The Morgan fingerprint density at radius 1 is 1.23 bits per heavy atom. The molecule has 0 aliphatic heterocycles. The SMILES string of the molecule is CCC(C)c1ccc(O)c(NC(=O)COc2ccccc2)c1. The van der Waals surface area contributed by atoms with E-state index in [0.29, 0.717) is 17.4 Å². The summed E-state index contributed by atoms with van der Waals surface area (Å²) in [6.07, 6.45) is 0.995. The summed E-state index contributed by atoms with van der Waals surface area (Å²) in [5.41, 5.74) is 1.50. The van der Waals surface area contributed by atoms with Gasteiger partial charge in [-0.25, -0.2) is 0 Å². The van der Waals surface area contributed by atoms with Crippen LogP contribution in [0.1, 0.15) is 31.7 Å². The average molecular weight is 299 g/mol. The predicted octanol–water partition coefficient (Wildman–Crippen LogP) is 3.92. The van der Waals surface area contributed by atoms with E-state index in [9.17, 15) is 9.90 Å². The molecule has 0 heterocycles. The second-order valence-corrected chi connectivity index (χ2v) is 5.24. The minimum atomic E-state index is -0.305. The molecule has 116 valence electrons. The third-order valence-corrected chi connectivity index (χ3v) is 3.59. The lowest BCUT2D eigenvalue weighted by molar-refractivity contribution is -0.118. The van der Waals surface area contributed by atoms with E-state index in [1.807, 2.05) is 30.3 Å². The molecule has 2 aromatic carbocycles. The highest BCUT2D eigenvalue weighted by Crippen LogP contribution is 2.29. The molecule has 0 saturated carbocycles. The maximum atomic E-state index is 11.9. The Hall–Kier alpha value is -2.49. The van der Waals surface area contributed by atoms with Gasteiger partial charge in [-0.2, -0.15) is 0 Å². The van der Waals surface area contributed by atoms with Crippen molar-refractivity contribution < 1.29 is 14.6 Å². The molecule has 1 atom stereocenters. The monoisotopic (exact) mass is 299 g/mol. The van der Waals surface area contributed by atoms with Crippen LogP contribution in [0, 0.1) is 0 Å². The van der Waals surface area contributed by atoms with Crippen molar-refractivity contribution in [1.29, 1.82) is 0 Å². The molecule has 4 heteroatoms. The standard InChI is InChI=1S/C18H21NO3/c1-3-13(2)14-9-10-17(20)16(11-14)19-18(21)12-22-15-7-5-4-6-8-15/h4-11,13,20H,3,12H2,1-2H3,(H,19,21). The van der Waals surface area contributed by atoms with Crippen molar-refractivity contribution in [3.05, 3.63) is 54.1 Å². The van der Waals surface area contributed by atoms with Crippen LogP contribution in [0.15, 0.2) is 48.5 Å². The number of hydrogen-bond acceptors (Lipinski definition) is 3. The molecule has 0 aliphatic rings. The molecule has 0 aromatic heterocycles. The number of rotatable bonds is 6. The van der Waals surface area contributed by atoms with Gasteiger partial charge in [0.2, 0.25) is 0 Å². The number of nitrogens with one attached hydrogen (secondary N) is 1. The molecule has 0 saturated heterocycles. The lowest BCUT2D eigenvalue weighted by Crippen LogP contribution is -2.20. The third-order valence-electron chi connectivity index (χ3n) is 3.59. The average Bonchev–Trinajstić information content (AvgIpc) is 2.55. The number of amides is 1. The normalized spacial score (nSPS) is 11.7. The lowest BCUT2D eigenvalue weighted by Gasteiger charge is -2.13. The van der Waals surface area contributed by atoms with Crippen molar-refractivity contribution in [2.75, 3.05) is 11.9 Å². The minimum Gasteiger partial charge on any atom is -0.506 e. The zero-order valence-electron chi connectivity index (χ0n) is 12.9. The summed E-state index contributed by atoms with van der Waals surface area (Å²) in [5.74, 6) is 0.757. The highest BCUT2D eigenvalue weighted by Gasteiger charge is 2.10. The Bertz CT molecular complexity index is 625. The predicted molar refractivity (Wildman–Crippen MR) is 87.4 cm³/mol. The largest absolute Gasteiger partial charge is 0.506 e. The van der Waals surface area contributed by atoms with Crippen LogP contribution in [0.2, 0.25) is 0 Å². The van der Waals surface area contributed by atoms with Gasteiger partial charge in [-0.05, 0) is 42.2 Å². The van der Waals surface area contributed by atoms with Gasteiger partial charge < -0.3 is 15.2 Å².